The van der Waals surface area contributed by atoms with Crippen molar-refractivity contribution in [1.29, 1.82) is 0 Å². The number of nitrogens with one attached hydrogen (secondary N) is 1. The zero-order valence-electron chi connectivity index (χ0n) is 12.5. The van der Waals surface area contributed by atoms with Gasteiger partial charge >= 0.3 is 18.0 Å². The number of halogens is 4. The number of carbonyl (C=O) groups excluding carboxylic acids is 2. The minimum atomic E-state index is -4.62. The summed E-state index contributed by atoms with van der Waals surface area (Å²) in [6, 6.07) is 2.64. The number of hydrogen-bond donors (Lipinski definition) is 1. The van der Waals surface area contributed by atoms with Crippen LogP contribution in [-0.2, 0) is 9.59 Å². The van der Waals surface area contributed by atoms with Gasteiger partial charge in [-0.15, -0.1) is 0 Å². The fraction of sp³-hybridized carbons (Fsp3) is 0.429. The number of likely N-dealkylation sites (N-methyl/N-ethyl adjacent to an activating group) is 1. The number of carbonyl (C=O) groups is 2. The van der Waals surface area contributed by atoms with Crippen molar-refractivity contribution in [3.8, 4) is 5.75 Å². The van der Waals surface area contributed by atoms with Gasteiger partial charge in [-0.25, -0.2) is 4.39 Å². The molecule has 0 radical (unpaired) electrons. The van der Waals surface area contributed by atoms with E-state index in [0.29, 0.717) is 19.0 Å². The summed E-state index contributed by atoms with van der Waals surface area (Å²) in [4.78, 5) is 24.7. The van der Waals surface area contributed by atoms with E-state index in [1.54, 1.807) is 0 Å². The maximum absolute atomic E-state index is 13.1. The molecule has 0 unspecified atom stereocenters. The highest BCUT2D eigenvalue weighted by atomic mass is 19.4. The lowest BCUT2D eigenvalue weighted by Gasteiger charge is -2.17. The van der Waals surface area contributed by atoms with E-state index in [9.17, 15) is 27.2 Å². The topological polar surface area (TPSA) is 58.6 Å². The summed E-state index contributed by atoms with van der Waals surface area (Å²) in [7, 11) is 1.41. The molecule has 0 aliphatic carbocycles. The van der Waals surface area contributed by atoms with Gasteiger partial charge in [0, 0.05) is 19.7 Å². The van der Waals surface area contributed by atoms with Crippen LogP contribution in [0.2, 0.25) is 0 Å². The van der Waals surface area contributed by atoms with Crippen molar-refractivity contribution in [3.05, 3.63) is 24.0 Å². The Labute approximate surface area is 130 Å². The maximum atomic E-state index is 13.1. The predicted octanol–water partition coefficient (Wildman–Crippen LogP) is 2.57. The van der Waals surface area contributed by atoms with Gasteiger partial charge in [0.2, 0.25) is 0 Å². The molecule has 0 saturated heterocycles. The Kier molecular flexibility index (Phi) is 6.35. The van der Waals surface area contributed by atoms with E-state index in [-0.39, 0.29) is 5.69 Å². The van der Waals surface area contributed by atoms with Crippen molar-refractivity contribution in [3.63, 3.8) is 0 Å². The van der Waals surface area contributed by atoms with E-state index in [0.717, 1.165) is 17.0 Å². The van der Waals surface area contributed by atoms with Crippen LogP contribution in [0, 0.1) is 5.82 Å². The molecule has 9 heteroatoms. The monoisotopic (exact) mass is 336 g/mol. The minimum Gasteiger partial charge on any atom is -0.482 e. The number of amides is 2. The number of nitrogens with zero attached hydrogens (tertiary/aromatic N) is 1. The lowest BCUT2D eigenvalue weighted by atomic mass is 10.2. The molecule has 0 aromatic heterocycles. The number of hydrogen-bond acceptors (Lipinski definition) is 3. The Morgan fingerprint density at radius 3 is 2.52 bits per heavy atom. The van der Waals surface area contributed by atoms with Crippen molar-refractivity contribution < 1.29 is 31.9 Å². The molecule has 1 aromatic carbocycles. The van der Waals surface area contributed by atoms with Crippen molar-refractivity contribution in [2.45, 2.75) is 19.5 Å². The quantitative estimate of drug-likeness (QED) is 0.664. The van der Waals surface area contributed by atoms with E-state index in [4.69, 9.17) is 0 Å². The number of ether oxygens (including phenoxy) is 1. The summed E-state index contributed by atoms with van der Waals surface area (Å²) in [5.41, 5.74) is -0.223. The third-order valence-electron chi connectivity index (χ3n) is 2.68. The average molecular weight is 336 g/mol. The molecule has 1 aromatic rings. The molecule has 128 valence electrons. The van der Waals surface area contributed by atoms with Crippen LogP contribution in [0.3, 0.4) is 0 Å². The molecule has 0 atom stereocenters. The summed E-state index contributed by atoms with van der Waals surface area (Å²) in [5.74, 6) is -3.27. The first-order valence-corrected chi connectivity index (χ1v) is 6.69. The molecule has 1 N–H and O–H groups in total. The highest BCUT2D eigenvalue weighted by Crippen LogP contribution is 2.27. The number of alkyl halides is 3. The third-order valence-corrected chi connectivity index (χ3v) is 2.68. The van der Waals surface area contributed by atoms with Crippen LogP contribution in [0.1, 0.15) is 13.3 Å². The van der Waals surface area contributed by atoms with Crippen molar-refractivity contribution in [2.75, 3.05) is 25.5 Å². The zero-order valence-corrected chi connectivity index (χ0v) is 12.5. The zero-order chi connectivity index (χ0) is 17.6. The van der Waals surface area contributed by atoms with Crippen LogP contribution in [-0.4, -0.2) is 43.1 Å². The van der Waals surface area contributed by atoms with Crippen molar-refractivity contribution in [1.82, 2.24) is 4.90 Å². The molecule has 0 aliphatic rings. The van der Waals surface area contributed by atoms with Crippen LogP contribution >= 0.6 is 0 Å². The third kappa shape index (κ3) is 6.13. The van der Waals surface area contributed by atoms with E-state index in [1.165, 1.54) is 7.05 Å². The summed E-state index contributed by atoms with van der Waals surface area (Å²) < 4.78 is 54.2. The fourth-order valence-electron chi connectivity index (χ4n) is 1.66. The molecular weight excluding hydrogens is 320 g/mol. The maximum Gasteiger partial charge on any atom is 0.422 e. The summed E-state index contributed by atoms with van der Waals surface area (Å²) in [6.45, 7) is 0.501. The van der Waals surface area contributed by atoms with Gasteiger partial charge in [0.15, 0.2) is 6.61 Å². The fourth-order valence-corrected chi connectivity index (χ4v) is 1.66. The summed E-state index contributed by atoms with van der Waals surface area (Å²) in [5, 5.41) is 2.12. The standard InChI is InChI=1S/C14H16F4N2O3/c1-3-6-20(2)13(22)12(21)19-10-5-4-9(15)7-11(10)23-8-14(16,17)18/h4-5,7H,3,6,8H2,1-2H3,(H,19,21). The average Bonchev–Trinajstić information content (AvgIpc) is 2.46. The summed E-state index contributed by atoms with van der Waals surface area (Å²) in [6.07, 6.45) is -3.99. The Hall–Kier alpha value is -2.32. The first kappa shape index (κ1) is 18.7. The lowest BCUT2D eigenvalue weighted by Crippen LogP contribution is -2.37. The van der Waals surface area contributed by atoms with Crippen LogP contribution in [0.5, 0.6) is 5.75 Å². The highest BCUT2D eigenvalue weighted by Gasteiger charge is 2.29. The van der Waals surface area contributed by atoms with E-state index < -0.39 is 36.2 Å². The Bertz CT molecular complexity index is 576. The van der Waals surface area contributed by atoms with Crippen LogP contribution in [0.25, 0.3) is 0 Å². The van der Waals surface area contributed by atoms with Gasteiger partial charge in [-0.3, -0.25) is 9.59 Å². The molecule has 0 fully saturated rings. The lowest BCUT2D eigenvalue weighted by molar-refractivity contribution is -0.153. The van der Waals surface area contributed by atoms with Gasteiger partial charge in [0.25, 0.3) is 0 Å². The van der Waals surface area contributed by atoms with Crippen molar-refractivity contribution in [2.24, 2.45) is 0 Å². The normalized spacial score (nSPS) is 11.0. The van der Waals surface area contributed by atoms with Gasteiger partial charge in [-0.1, -0.05) is 6.92 Å². The van der Waals surface area contributed by atoms with E-state index >= 15 is 0 Å². The molecule has 0 bridgehead atoms. The second kappa shape index (κ2) is 7.80. The van der Waals surface area contributed by atoms with E-state index in [1.807, 2.05) is 6.92 Å². The van der Waals surface area contributed by atoms with Gasteiger partial charge in [0.1, 0.15) is 11.6 Å². The minimum absolute atomic E-state index is 0.223. The van der Waals surface area contributed by atoms with Gasteiger partial charge in [-0.05, 0) is 18.6 Å². The smallest absolute Gasteiger partial charge is 0.422 e. The summed E-state index contributed by atoms with van der Waals surface area (Å²) >= 11 is 0. The number of benzene rings is 1. The molecule has 1 rings (SSSR count). The van der Waals surface area contributed by atoms with Crippen molar-refractivity contribution >= 4 is 17.5 Å². The molecule has 0 saturated carbocycles. The first-order valence-electron chi connectivity index (χ1n) is 6.69. The van der Waals surface area contributed by atoms with Gasteiger partial charge in [-0.2, -0.15) is 13.2 Å². The van der Waals surface area contributed by atoms with E-state index in [2.05, 4.69) is 10.1 Å². The predicted molar refractivity (Wildman–Crippen MR) is 74.5 cm³/mol. The number of anilines is 1. The first-order chi connectivity index (χ1) is 10.6. The van der Waals surface area contributed by atoms with Gasteiger partial charge < -0.3 is 15.0 Å². The van der Waals surface area contributed by atoms with Gasteiger partial charge in [0.05, 0.1) is 5.69 Å². The Morgan fingerprint density at radius 2 is 1.96 bits per heavy atom. The Morgan fingerprint density at radius 1 is 1.30 bits per heavy atom. The SMILES string of the molecule is CCCN(C)C(=O)C(=O)Nc1ccc(F)cc1OCC(F)(F)F. The molecule has 0 heterocycles. The molecule has 0 spiro atoms. The molecule has 5 nitrogen and oxygen atoms in total. The molecular formula is C14H16F4N2O3. The second-order valence-electron chi connectivity index (χ2n) is 4.73. The van der Waals surface area contributed by atoms with Crippen LogP contribution in [0.4, 0.5) is 23.2 Å². The molecule has 0 aliphatic heterocycles. The Balaban J connectivity index is 2.87. The largest absolute Gasteiger partial charge is 0.482 e. The van der Waals surface area contributed by atoms with Crippen LogP contribution in [0.15, 0.2) is 18.2 Å². The van der Waals surface area contributed by atoms with Crippen LogP contribution < -0.4 is 10.1 Å². The molecule has 2 amide bonds. The highest BCUT2D eigenvalue weighted by molar-refractivity contribution is 6.39. The molecule has 23 heavy (non-hydrogen) atoms. The number of rotatable bonds is 5. The second-order valence-corrected chi connectivity index (χ2v) is 4.73.